The third-order valence-electron chi connectivity index (χ3n) is 10.1. The van der Waals surface area contributed by atoms with Crippen molar-refractivity contribution in [3.8, 4) is 0 Å². The first-order chi connectivity index (χ1) is 26.5. The zero-order chi connectivity index (χ0) is 40.6. The Bertz CT molecular complexity index is 1080. The molecule has 0 radical (unpaired) electrons. The van der Waals surface area contributed by atoms with E-state index in [0.29, 0.717) is 12.8 Å². The molecular weight excluding hydrogens is 729 g/mol. The van der Waals surface area contributed by atoms with E-state index >= 15 is 0 Å². The minimum Gasteiger partial charge on any atom is -0.462 e. The number of aliphatic hydroxyl groups excluding tert-OH is 3. The molecule has 1 rings (SSSR count). The molecule has 0 aromatic heterocycles. The van der Waals surface area contributed by atoms with E-state index in [1.54, 1.807) is 0 Å². The highest BCUT2D eigenvalue weighted by Crippen LogP contribution is 2.24. The Hall–Kier alpha value is -1.61. The fourth-order valence-electron chi connectivity index (χ4n) is 6.67. The topological polar surface area (TPSA) is 186 Å². The van der Waals surface area contributed by atoms with E-state index in [0.717, 1.165) is 57.8 Å². The highest BCUT2D eigenvalue weighted by atomic mass is 32.2. The smallest absolute Gasteiger partial charge is 0.306 e. The van der Waals surface area contributed by atoms with Crippen LogP contribution in [0.3, 0.4) is 0 Å². The van der Waals surface area contributed by atoms with Crippen LogP contribution in [-0.4, -0.2) is 96.0 Å². The lowest BCUT2D eigenvalue weighted by atomic mass is 10.00. The van der Waals surface area contributed by atoms with Crippen LogP contribution in [0.4, 0.5) is 0 Å². The molecule has 1 fully saturated rings. The summed E-state index contributed by atoms with van der Waals surface area (Å²) in [6.45, 7) is 3.74. The van der Waals surface area contributed by atoms with Crippen molar-refractivity contribution in [3.05, 3.63) is 12.2 Å². The van der Waals surface area contributed by atoms with Gasteiger partial charge in [0, 0.05) is 12.8 Å². The van der Waals surface area contributed by atoms with E-state index < -0.39 is 71.2 Å². The predicted molar refractivity (Wildman–Crippen MR) is 215 cm³/mol. The average Bonchev–Trinajstić information content (AvgIpc) is 3.14. The third-order valence-corrected chi connectivity index (χ3v) is 10.8. The van der Waals surface area contributed by atoms with E-state index in [1.165, 1.54) is 89.9 Å². The summed E-state index contributed by atoms with van der Waals surface area (Å²) in [6, 6.07) is 0. The van der Waals surface area contributed by atoms with Crippen molar-refractivity contribution in [2.75, 3.05) is 19.0 Å². The first-order valence-corrected chi connectivity index (χ1v) is 23.4. The molecule has 0 bridgehead atoms. The first kappa shape index (κ1) is 51.4. The molecule has 0 spiro atoms. The summed E-state index contributed by atoms with van der Waals surface area (Å²) in [5.41, 5.74) is 0. The van der Waals surface area contributed by atoms with Crippen molar-refractivity contribution < 1.29 is 56.8 Å². The summed E-state index contributed by atoms with van der Waals surface area (Å²) in [7, 11) is -4.60. The zero-order valence-electron chi connectivity index (χ0n) is 34.3. The standard InChI is InChI=1S/C42H78O12S/c1-3-5-7-9-11-13-15-17-18-19-21-22-24-26-28-30-37(43)51-32-35(33-52-42-41(47)40(46)39(45)36(54-42)34-55(48,49)50)53-38(44)31-29-27-25-23-20-16-14-12-10-8-6-4-2/h17-18,35-36,39-42,45-47H,3-16,19-34H2,1-2H3,(H,48,49,50)/b18-17+/t35-,36-,39-,40?,41?,42+/m1/s1. The second-order valence-corrected chi connectivity index (χ2v) is 16.9. The fourth-order valence-corrected chi connectivity index (χ4v) is 7.36. The maximum atomic E-state index is 12.8. The summed E-state index contributed by atoms with van der Waals surface area (Å²) < 4.78 is 53.9. The second kappa shape index (κ2) is 33.4. The predicted octanol–water partition coefficient (Wildman–Crippen LogP) is 8.28. The van der Waals surface area contributed by atoms with Gasteiger partial charge in [-0.25, -0.2) is 0 Å². The van der Waals surface area contributed by atoms with Gasteiger partial charge in [0.1, 0.15) is 36.8 Å². The summed E-state index contributed by atoms with van der Waals surface area (Å²) >= 11 is 0. The molecule has 6 atom stereocenters. The summed E-state index contributed by atoms with van der Waals surface area (Å²) in [4.78, 5) is 25.3. The molecule has 0 saturated carbocycles. The Morgan fingerprint density at radius 1 is 0.600 bits per heavy atom. The minimum absolute atomic E-state index is 0.167. The van der Waals surface area contributed by atoms with Crippen molar-refractivity contribution in [2.45, 2.75) is 224 Å². The molecule has 0 amide bonds. The molecule has 13 heteroatoms. The number of unbranched alkanes of at least 4 members (excludes halogenated alkanes) is 22. The number of ether oxygens (including phenoxy) is 4. The Labute approximate surface area is 333 Å². The number of hydrogen-bond donors (Lipinski definition) is 4. The van der Waals surface area contributed by atoms with E-state index in [-0.39, 0.29) is 19.4 Å². The van der Waals surface area contributed by atoms with Crippen molar-refractivity contribution in [2.24, 2.45) is 0 Å². The molecule has 2 unspecified atom stereocenters. The number of esters is 2. The average molecular weight is 807 g/mol. The number of rotatable bonds is 36. The second-order valence-electron chi connectivity index (χ2n) is 15.4. The van der Waals surface area contributed by atoms with Crippen LogP contribution in [0.1, 0.15) is 187 Å². The Morgan fingerprint density at radius 2 is 1.04 bits per heavy atom. The van der Waals surface area contributed by atoms with Gasteiger partial charge in [0.05, 0.1) is 6.61 Å². The van der Waals surface area contributed by atoms with Crippen LogP contribution < -0.4 is 0 Å². The van der Waals surface area contributed by atoms with Gasteiger partial charge < -0.3 is 34.3 Å². The van der Waals surface area contributed by atoms with E-state index in [2.05, 4.69) is 26.0 Å². The van der Waals surface area contributed by atoms with Crippen LogP contribution in [-0.2, 0) is 38.7 Å². The molecular formula is C42H78O12S. The van der Waals surface area contributed by atoms with Gasteiger partial charge in [-0.3, -0.25) is 14.1 Å². The van der Waals surface area contributed by atoms with E-state index in [1.807, 2.05) is 0 Å². The quantitative estimate of drug-likeness (QED) is 0.0206. The minimum atomic E-state index is -4.60. The van der Waals surface area contributed by atoms with Gasteiger partial charge in [-0.2, -0.15) is 8.42 Å². The number of carbonyl (C=O) groups excluding carboxylic acids is 2. The summed E-state index contributed by atoms with van der Waals surface area (Å²) in [5.74, 6) is -1.98. The van der Waals surface area contributed by atoms with E-state index in [4.69, 9.17) is 18.9 Å². The van der Waals surface area contributed by atoms with Crippen molar-refractivity contribution in [1.29, 1.82) is 0 Å². The van der Waals surface area contributed by atoms with Crippen LogP contribution in [0, 0.1) is 0 Å². The van der Waals surface area contributed by atoms with Crippen LogP contribution in [0.15, 0.2) is 12.2 Å². The number of carbonyl (C=O) groups is 2. The molecule has 1 aliphatic heterocycles. The number of aliphatic hydroxyl groups is 3. The third kappa shape index (κ3) is 28.4. The molecule has 1 heterocycles. The number of allylic oxidation sites excluding steroid dienone is 2. The van der Waals surface area contributed by atoms with Crippen molar-refractivity contribution in [1.82, 2.24) is 0 Å². The van der Waals surface area contributed by atoms with Gasteiger partial charge in [-0.1, -0.05) is 148 Å². The highest BCUT2D eigenvalue weighted by molar-refractivity contribution is 7.85. The molecule has 0 aromatic carbocycles. The van der Waals surface area contributed by atoms with Crippen molar-refractivity contribution >= 4 is 22.1 Å². The Balaban J connectivity index is 2.47. The van der Waals surface area contributed by atoms with Crippen LogP contribution in [0.25, 0.3) is 0 Å². The molecule has 1 saturated heterocycles. The van der Waals surface area contributed by atoms with Gasteiger partial charge in [-0.05, 0) is 38.5 Å². The molecule has 4 N–H and O–H groups in total. The first-order valence-electron chi connectivity index (χ1n) is 21.7. The molecule has 0 aliphatic carbocycles. The van der Waals surface area contributed by atoms with Gasteiger partial charge in [0.2, 0.25) is 0 Å². The SMILES string of the molecule is CCCCCCCC/C=C/CCCCCCCC(=O)OC[C@H](CO[C@H]1O[C@H](CS(=O)(=O)O)[C@@H](O)C(O)C1O)OC(=O)CCCCCCCCCCCCCC. The molecule has 55 heavy (non-hydrogen) atoms. The summed E-state index contributed by atoms with van der Waals surface area (Å²) in [6.07, 6.45) is 24.0. The Morgan fingerprint density at radius 3 is 1.51 bits per heavy atom. The lowest BCUT2D eigenvalue weighted by molar-refractivity contribution is -0.297. The van der Waals surface area contributed by atoms with E-state index in [9.17, 15) is 37.9 Å². The maximum Gasteiger partial charge on any atom is 0.306 e. The monoisotopic (exact) mass is 807 g/mol. The maximum absolute atomic E-state index is 12.8. The number of hydrogen-bond acceptors (Lipinski definition) is 11. The Kier molecular flexibility index (Phi) is 31.2. The van der Waals surface area contributed by atoms with Gasteiger partial charge >= 0.3 is 11.9 Å². The normalized spacial score (nSPS) is 20.9. The van der Waals surface area contributed by atoms with Crippen LogP contribution in [0.5, 0.6) is 0 Å². The van der Waals surface area contributed by atoms with Crippen molar-refractivity contribution in [3.63, 3.8) is 0 Å². The van der Waals surface area contributed by atoms with Crippen LogP contribution >= 0.6 is 0 Å². The fraction of sp³-hybridized carbons (Fsp3) is 0.905. The summed E-state index contributed by atoms with van der Waals surface area (Å²) in [5, 5.41) is 30.8. The van der Waals surface area contributed by atoms with Gasteiger partial charge in [0.15, 0.2) is 12.4 Å². The lowest BCUT2D eigenvalue weighted by Gasteiger charge is -2.40. The largest absolute Gasteiger partial charge is 0.462 e. The highest BCUT2D eigenvalue weighted by Gasteiger charge is 2.46. The van der Waals surface area contributed by atoms with Crippen LogP contribution in [0.2, 0.25) is 0 Å². The zero-order valence-corrected chi connectivity index (χ0v) is 35.1. The molecule has 0 aromatic rings. The molecule has 324 valence electrons. The molecule has 1 aliphatic rings. The molecule has 12 nitrogen and oxygen atoms in total. The lowest BCUT2D eigenvalue weighted by Crippen LogP contribution is -2.60. The van der Waals surface area contributed by atoms with Gasteiger partial charge in [0.25, 0.3) is 10.1 Å². The van der Waals surface area contributed by atoms with Gasteiger partial charge in [-0.15, -0.1) is 0 Å².